The van der Waals surface area contributed by atoms with Crippen LogP contribution in [0.1, 0.15) is 13.8 Å². The Morgan fingerprint density at radius 1 is 1.29 bits per heavy atom. The molecule has 0 saturated carbocycles. The standard InChI is InChI=1S/C5H12O7S2/c1-3-13(6,7)11-4-5(2)12-14(8,9)10/h5H,3-4H2,1-2H3,(H,8,9,10). The van der Waals surface area contributed by atoms with Gasteiger partial charge in [0.05, 0.1) is 12.4 Å². The molecule has 0 saturated heterocycles. The molecule has 0 aromatic carbocycles. The summed E-state index contributed by atoms with van der Waals surface area (Å²) in [7, 11) is -8.20. The second-order valence-corrected chi connectivity index (χ2v) is 5.44. The van der Waals surface area contributed by atoms with E-state index in [2.05, 4.69) is 8.37 Å². The van der Waals surface area contributed by atoms with Crippen molar-refractivity contribution in [3.8, 4) is 0 Å². The van der Waals surface area contributed by atoms with Gasteiger partial charge in [-0.15, -0.1) is 0 Å². The van der Waals surface area contributed by atoms with Crippen molar-refractivity contribution >= 4 is 20.5 Å². The normalized spacial score (nSPS) is 15.4. The van der Waals surface area contributed by atoms with Gasteiger partial charge in [0.2, 0.25) is 0 Å². The van der Waals surface area contributed by atoms with Crippen molar-refractivity contribution in [3.63, 3.8) is 0 Å². The Bertz CT molecular complexity index is 354. The Morgan fingerprint density at radius 3 is 2.14 bits per heavy atom. The van der Waals surface area contributed by atoms with E-state index in [9.17, 15) is 16.8 Å². The Balaban J connectivity index is 4.05. The minimum Gasteiger partial charge on any atom is -0.267 e. The number of hydrogen-bond donors (Lipinski definition) is 1. The van der Waals surface area contributed by atoms with E-state index in [1.165, 1.54) is 13.8 Å². The smallest absolute Gasteiger partial charge is 0.267 e. The van der Waals surface area contributed by atoms with E-state index in [0.29, 0.717) is 0 Å². The van der Waals surface area contributed by atoms with Crippen LogP contribution in [0.2, 0.25) is 0 Å². The molecule has 0 amide bonds. The second kappa shape index (κ2) is 5.03. The fourth-order valence-electron chi connectivity index (χ4n) is 0.518. The summed E-state index contributed by atoms with van der Waals surface area (Å²) < 4.78 is 58.5. The van der Waals surface area contributed by atoms with Crippen molar-refractivity contribution in [3.05, 3.63) is 0 Å². The molecule has 0 fully saturated rings. The van der Waals surface area contributed by atoms with Crippen LogP contribution in [0.3, 0.4) is 0 Å². The van der Waals surface area contributed by atoms with Gasteiger partial charge in [-0.1, -0.05) is 0 Å². The van der Waals surface area contributed by atoms with Gasteiger partial charge in [0.1, 0.15) is 6.10 Å². The first-order chi connectivity index (χ1) is 6.16. The first kappa shape index (κ1) is 13.8. The van der Waals surface area contributed by atoms with Gasteiger partial charge >= 0.3 is 10.4 Å². The van der Waals surface area contributed by atoms with Gasteiger partial charge in [0, 0.05) is 0 Å². The van der Waals surface area contributed by atoms with Crippen LogP contribution in [0.5, 0.6) is 0 Å². The van der Waals surface area contributed by atoms with Gasteiger partial charge in [-0.2, -0.15) is 16.8 Å². The Hall–Kier alpha value is -0.220. The molecule has 1 atom stereocenters. The molecule has 7 nitrogen and oxygen atoms in total. The van der Waals surface area contributed by atoms with Crippen LogP contribution in [0.4, 0.5) is 0 Å². The van der Waals surface area contributed by atoms with Crippen LogP contribution < -0.4 is 0 Å². The van der Waals surface area contributed by atoms with Gasteiger partial charge in [-0.25, -0.2) is 4.18 Å². The molecule has 14 heavy (non-hydrogen) atoms. The van der Waals surface area contributed by atoms with E-state index in [4.69, 9.17) is 4.55 Å². The summed E-state index contributed by atoms with van der Waals surface area (Å²) in [6.07, 6.45) is -1.06. The van der Waals surface area contributed by atoms with Crippen molar-refractivity contribution in [2.45, 2.75) is 20.0 Å². The first-order valence-corrected chi connectivity index (χ1v) is 6.63. The van der Waals surface area contributed by atoms with Crippen LogP contribution in [0.15, 0.2) is 0 Å². The van der Waals surface area contributed by atoms with Crippen LogP contribution >= 0.6 is 0 Å². The molecule has 0 spiro atoms. The maximum Gasteiger partial charge on any atom is 0.397 e. The van der Waals surface area contributed by atoms with Gasteiger partial charge < -0.3 is 0 Å². The highest BCUT2D eigenvalue weighted by molar-refractivity contribution is 7.86. The predicted octanol–water partition coefficient (Wildman–Crippen LogP) is -0.439. The highest BCUT2D eigenvalue weighted by Gasteiger charge is 2.16. The summed E-state index contributed by atoms with van der Waals surface area (Å²) in [4.78, 5) is 0. The van der Waals surface area contributed by atoms with Gasteiger partial charge in [-0.3, -0.25) is 8.74 Å². The monoisotopic (exact) mass is 248 g/mol. The third kappa shape index (κ3) is 7.21. The van der Waals surface area contributed by atoms with E-state index in [1.807, 2.05) is 0 Å². The van der Waals surface area contributed by atoms with E-state index >= 15 is 0 Å². The molecule has 0 bridgehead atoms. The molecule has 1 unspecified atom stereocenters. The molecule has 0 aliphatic rings. The molecular formula is C5H12O7S2. The van der Waals surface area contributed by atoms with Crippen LogP contribution in [0.25, 0.3) is 0 Å². The lowest BCUT2D eigenvalue weighted by Gasteiger charge is -2.09. The Labute approximate surface area is 83.1 Å². The first-order valence-electron chi connectivity index (χ1n) is 3.69. The van der Waals surface area contributed by atoms with E-state index < -0.39 is 33.2 Å². The molecule has 0 aromatic rings. The van der Waals surface area contributed by atoms with E-state index in [1.54, 1.807) is 0 Å². The zero-order valence-corrected chi connectivity index (χ0v) is 9.34. The number of rotatable bonds is 6. The average molecular weight is 248 g/mol. The quantitative estimate of drug-likeness (QED) is 0.501. The topological polar surface area (TPSA) is 107 Å². The van der Waals surface area contributed by atoms with Crippen LogP contribution in [-0.2, 0) is 28.9 Å². The lowest BCUT2D eigenvalue weighted by Crippen LogP contribution is -2.22. The Morgan fingerprint density at radius 2 is 1.79 bits per heavy atom. The minimum atomic E-state index is -4.57. The third-order valence-corrected chi connectivity index (χ3v) is 2.90. The summed E-state index contributed by atoms with van der Waals surface area (Å²) >= 11 is 0. The molecule has 0 aromatic heterocycles. The van der Waals surface area contributed by atoms with E-state index in [0.717, 1.165) is 0 Å². The molecule has 0 aliphatic carbocycles. The predicted molar refractivity (Wildman–Crippen MR) is 47.5 cm³/mol. The van der Waals surface area contributed by atoms with Crippen molar-refractivity contribution in [2.75, 3.05) is 12.4 Å². The molecule has 0 radical (unpaired) electrons. The number of hydrogen-bond acceptors (Lipinski definition) is 6. The lowest BCUT2D eigenvalue weighted by atomic mass is 10.5. The Kier molecular flexibility index (Phi) is 4.95. The zero-order valence-electron chi connectivity index (χ0n) is 7.70. The molecule has 1 N–H and O–H groups in total. The zero-order chi connectivity index (χ0) is 11.4. The third-order valence-electron chi connectivity index (χ3n) is 1.12. The summed E-state index contributed by atoms with van der Waals surface area (Å²) in [6.45, 7) is 2.17. The highest BCUT2D eigenvalue weighted by atomic mass is 32.3. The van der Waals surface area contributed by atoms with E-state index in [-0.39, 0.29) is 5.75 Å². The largest absolute Gasteiger partial charge is 0.397 e. The van der Waals surface area contributed by atoms with Crippen molar-refractivity contribution in [1.82, 2.24) is 0 Å². The molecule has 86 valence electrons. The second-order valence-electron chi connectivity index (χ2n) is 2.47. The molecule has 0 heterocycles. The maximum absolute atomic E-state index is 10.8. The van der Waals surface area contributed by atoms with Gasteiger partial charge in [0.25, 0.3) is 10.1 Å². The summed E-state index contributed by atoms with van der Waals surface area (Å²) in [5.74, 6) is -0.217. The van der Waals surface area contributed by atoms with Crippen molar-refractivity contribution in [2.24, 2.45) is 0 Å². The van der Waals surface area contributed by atoms with Crippen molar-refractivity contribution in [1.29, 1.82) is 0 Å². The molecule has 0 aliphatic heterocycles. The molecular weight excluding hydrogens is 236 g/mol. The lowest BCUT2D eigenvalue weighted by molar-refractivity contribution is 0.136. The summed E-state index contributed by atoms with van der Waals surface area (Å²) in [6, 6.07) is 0. The summed E-state index contributed by atoms with van der Waals surface area (Å²) in [5, 5.41) is 0. The fourth-order valence-corrected chi connectivity index (χ4v) is 1.55. The molecule has 9 heteroatoms. The van der Waals surface area contributed by atoms with Crippen molar-refractivity contribution < 1.29 is 29.8 Å². The van der Waals surface area contributed by atoms with Crippen LogP contribution in [-0.4, -0.2) is 39.9 Å². The van der Waals surface area contributed by atoms with Crippen LogP contribution in [0, 0.1) is 0 Å². The maximum atomic E-state index is 10.8. The molecule has 0 rings (SSSR count). The minimum absolute atomic E-state index is 0.217. The van der Waals surface area contributed by atoms with Gasteiger partial charge in [-0.05, 0) is 13.8 Å². The SMILES string of the molecule is CCS(=O)(=O)OCC(C)OS(=O)(=O)O. The summed E-state index contributed by atoms with van der Waals surface area (Å²) in [5.41, 5.74) is 0. The highest BCUT2D eigenvalue weighted by Crippen LogP contribution is 2.00. The van der Waals surface area contributed by atoms with Gasteiger partial charge in [0.15, 0.2) is 0 Å². The average Bonchev–Trinajstić information content (AvgIpc) is 1.98. The fraction of sp³-hybridized carbons (Fsp3) is 1.00.